The van der Waals surface area contributed by atoms with Crippen molar-refractivity contribution in [2.75, 3.05) is 6.79 Å². The number of carbonyl (C=O) groups excluding carboxylic acids is 2. The van der Waals surface area contributed by atoms with Crippen molar-refractivity contribution < 1.29 is 46.4 Å². The van der Waals surface area contributed by atoms with Gasteiger partial charge in [0.05, 0.1) is 6.10 Å². The molecule has 0 unspecified atom stereocenters. The van der Waals surface area contributed by atoms with Gasteiger partial charge in [0.1, 0.15) is 11.9 Å². The first-order chi connectivity index (χ1) is 16.1. The van der Waals surface area contributed by atoms with Gasteiger partial charge in [0.25, 0.3) is 5.88 Å². The molecule has 34 heavy (non-hydrogen) atoms. The van der Waals surface area contributed by atoms with Crippen LogP contribution in [0.1, 0.15) is 61.5 Å². The number of alkyl halides is 3. The molecule has 0 radical (unpaired) electrons. The Labute approximate surface area is 192 Å². The summed E-state index contributed by atoms with van der Waals surface area (Å²) in [5, 5.41) is 9.72. The number of nitrogens with one attached hydrogen (secondary N) is 1. The molecule has 1 fully saturated rings. The van der Waals surface area contributed by atoms with Crippen molar-refractivity contribution in [1.82, 2.24) is 15.4 Å². The average molecular weight is 487 g/mol. The number of hydrogen-bond donors (Lipinski definition) is 1. The lowest BCUT2D eigenvalue weighted by Crippen LogP contribution is -2.24. The molecule has 0 amide bonds. The number of benzene rings is 1. The number of nitrogens with zero attached hydrogens (tertiary/aromatic N) is 2. The molecule has 1 aliphatic rings. The summed E-state index contributed by atoms with van der Waals surface area (Å²) in [5.41, 5.74) is 0.790. The Hall–Kier alpha value is -3.51. The number of aromatic nitrogens is 3. The average Bonchev–Trinajstić information content (AvgIpc) is 3.21. The minimum absolute atomic E-state index is 0.0353. The van der Waals surface area contributed by atoms with E-state index in [2.05, 4.69) is 24.9 Å². The summed E-state index contributed by atoms with van der Waals surface area (Å²) >= 11 is 0. The molecule has 1 heterocycles. The van der Waals surface area contributed by atoms with Crippen molar-refractivity contribution in [3.8, 4) is 11.6 Å². The Balaban J connectivity index is 1.46. The first-order valence-corrected chi connectivity index (χ1v) is 10.5. The SMILES string of the molecule is CC(C)OC(=O)OCOC(=O)c1[nH]nnc1OC1CCC(c2ccc(OC(F)(F)F)cc2)CC1. The van der Waals surface area contributed by atoms with Gasteiger partial charge in [0.15, 0.2) is 0 Å². The molecular weight excluding hydrogens is 463 g/mol. The van der Waals surface area contributed by atoms with Crippen molar-refractivity contribution in [2.45, 2.75) is 64.0 Å². The summed E-state index contributed by atoms with van der Waals surface area (Å²) in [6, 6.07) is 5.84. The predicted molar refractivity (Wildman–Crippen MR) is 108 cm³/mol. The predicted octanol–water partition coefficient (Wildman–Crippen LogP) is 4.48. The van der Waals surface area contributed by atoms with Crippen molar-refractivity contribution in [2.24, 2.45) is 0 Å². The van der Waals surface area contributed by atoms with Crippen molar-refractivity contribution in [3.63, 3.8) is 0 Å². The second-order valence-corrected chi connectivity index (χ2v) is 7.81. The molecule has 13 heteroatoms. The molecule has 1 saturated carbocycles. The molecule has 0 spiro atoms. The smallest absolute Gasteiger partial charge is 0.472 e. The molecule has 2 aromatic rings. The van der Waals surface area contributed by atoms with Crippen LogP contribution in [0.25, 0.3) is 0 Å². The third-order valence-electron chi connectivity index (χ3n) is 4.96. The monoisotopic (exact) mass is 487 g/mol. The molecule has 3 rings (SSSR count). The van der Waals surface area contributed by atoms with Crippen molar-refractivity contribution >= 4 is 12.1 Å². The Morgan fingerprint density at radius 1 is 1.09 bits per heavy atom. The van der Waals surface area contributed by atoms with Crippen LogP contribution in [0.5, 0.6) is 11.6 Å². The zero-order chi connectivity index (χ0) is 24.7. The van der Waals surface area contributed by atoms with Gasteiger partial charge >= 0.3 is 18.5 Å². The van der Waals surface area contributed by atoms with Gasteiger partial charge in [-0.2, -0.15) is 0 Å². The molecule has 0 saturated heterocycles. The Kier molecular flexibility index (Phi) is 8.18. The van der Waals surface area contributed by atoms with E-state index in [1.165, 1.54) is 12.1 Å². The number of esters is 1. The molecule has 1 aromatic carbocycles. The van der Waals surface area contributed by atoms with E-state index in [1.54, 1.807) is 26.0 Å². The number of hydrogen-bond acceptors (Lipinski definition) is 9. The summed E-state index contributed by atoms with van der Waals surface area (Å²) in [4.78, 5) is 23.5. The molecule has 10 nitrogen and oxygen atoms in total. The second kappa shape index (κ2) is 11.1. The summed E-state index contributed by atoms with van der Waals surface area (Å²) < 4.78 is 60.9. The van der Waals surface area contributed by atoms with Gasteiger partial charge < -0.3 is 23.7 Å². The number of aromatic amines is 1. The van der Waals surface area contributed by atoms with Gasteiger partial charge in [0, 0.05) is 0 Å². The van der Waals surface area contributed by atoms with E-state index >= 15 is 0 Å². The lowest BCUT2D eigenvalue weighted by Gasteiger charge is -2.28. The van der Waals surface area contributed by atoms with Crippen LogP contribution >= 0.6 is 0 Å². The number of rotatable bonds is 8. The van der Waals surface area contributed by atoms with E-state index in [4.69, 9.17) is 14.2 Å². The minimum atomic E-state index is -4.73. The summed E-state index contributed by atoms with van der Waals surface area (Å²) in [6.45, 7) is 2.63. The van der Waals surface area contributed by atoms with E-state index in [-0.39, 0.29) is 35.4 Å². The summed E-state index contributed by atoms with van der Waals surface area (Å²) in [5.74, 6) is -1.01. The van der Waals surface area contributed by atoms with Crippen molar-refractivity contribution in [1.29, 1.82) is 0 Å². The van der Waals surface area contributed by atoms with Crippen LogP contribution in [0.3, 0.4) is 0 Å². The molecule has 186 valence electrons. The van der Waals surface area contributed by atoms with Crippen LogP contribution in [-0.4, -0.2) is 52.9 Å². The maximum Gasteiger partial charge on any atom is 0.573 e. The van der Waals surface area contributed by atoms with Gasteiger partial charge in [-0.1, -0.05) is 22.4 Å². The second-order valence-electron chi connectivity index (χ2n) is 7.81. The topological polar surface area (TPSA) is 122 Å². The number of ether oxygens (including phenoxy) is 5. The van der Waals surface area contributed by atoms with Gasteiger partial charge in [-0.15, -0.1) is 13.2 Å². The fourth-order valence-electron chi connectivity index (χ4n) is 3.48. The van der Waals surface area contributed by atoms with Crippen LogP contribution in [0.4, 0.5) is 18.0 Å². The van der Waals surface area contributed by atoms with Crippen LogP contribution in [0.2, 0.25) is 0 Å². The highest BCUT2D eigenvalue weighted by Crippen LogP contribution is 2.35. The van der Waals surface area contributed by atoms with Gasteiger partial charge in [0.2, 0.25) is 12.5 Å². The first-order valence-electron chi connectivity index (χ1n) is 10.5. The largest absolute Gasteiger partial charge is 0.573 e. The van der Waals surface area contributed by atoms with Crippen LogP contribution < -0.4 is 9.47 Å². The van der Waals surface area contributed by atoms with Crippen LogP contribution in [0.15, 0.2) is 24.3 Å². The highest BCUT2D eigenvalue weighted by Gasteiger charge is 2.31. The lowest BCUT2D eigenvalue weighted by molar-refractivity contribution is -0.274. The molecule has 0 bridgehead atoms. The molecule has 1 N–H and O–H groups in total. The summed E-state index contributed by atoms with van der Waals surface area (Å²) in [6.07, 6.45) is -3.58. The standard InChI is InChI=1S/C21H24F3N3O7/c1-12(2)32-20(29)31-11-30-19(28)17-18(26-27-25-17)33-15-7-3-13(4-8-15)14-5-9-16(10-6-14)34-21(22,23)24/h5-6,9-10,12-13,15H,3-4,7-8,11H2,1-2H3,(H,25,26,27). The van der Waals surface area contributed by atoms with E-state index in [0.29, 0.717) is 12.8 Å². The van der Waals surface area contributed by atoms with E-state index in [9.17, 15) is 22.8 Å². The zero-order valence-electron chi connectivity index (χ0n) is 18.5. The van der Waals surface area contributed by atoms with Crippen LogP contribution in [0, 0.1) is 0 Å². The molecule has 1 aliphatic carbocycles. The van der Waals surface area contributed by atoms with E-state index in [0.717, 1.165) is 18.4 Å². The van der Waals surface area contributed by atoms with Crippen molar-refractivity contribution in [3.05, 3.63) is 35.5 Å². The normalized spacial score (nSPS) is 18.3. The van der Waals surface area contributed by atoms with Gasteiger partial charge in [-0.3, -0.25) is 0 Å². The molecular formula is C21H24F3N3O7. The molecule has 1 aromatic heterocycles. The summed E-state index contributed by atoms with van der Waals surface area (Å²) in [7, 11) is 0. The van der Waals surface area contributed by atoms with Gasteiger partial charge in [-0.05, 0) is 63.1 Å². The maximum absolute atomic E-state index is 12.3. The first kappa shape index (κ1) is 25.1. The third kappa shape index (κ3) is 7.52. The highest BCUT2D eigenvalue weighted by atomic mass is 19.4. The van der Waals surface area contributed by atoms with E-state index in [1.807, 2.05) is 0 Å². The Morgan fingerprint density at radius 3 is 2.38 bits per heavy atom. The highest BCUT2D eigenvalue weighted by molar-refractivity contribution is 5.89. The maximum atomic E-state index is 12.3. The zero-order valence-corrected chi connectivity index (χ0v) is 18.5. The molecule has 0 aliphatic heterocycles. The third-order valence-corrected chi connectivity index (χ3v) is 4.96. The van der Waals surface area contributed by atoms with Gasteiger partial charge in [-0.25, -0.2) is 14.7 Å². The minimum Gasteiger partial charge on any atom is -0.472 e. The molecule has 0 atom stereocenters. The Morgan fingerprint density at radius 2 is 1.76 bits per heavy atom. The van der Waals surface area contributed by atoms with Crippen LogP contribution in [-0.2, 0) is 14.2 Å². The Bertz CT molecular complexity index is 955. The quantitative estimate of drug-likeness (QED) is 0.424. The number of H-pyrrole nitrogens is 1. The lowest BCUT2D eigenvalue weighted by atomic mass is 9.83. The van der Waals surface area contributed by atoms with E-state index < -0.39 is 25.3 Å². The number of carbonyl (C=O) groups is 2. The number of halogens is 3. The fourth-order valence-corrected chi connectivity index (χ4v) is 3.48. The fraction of sp³-hybridized carbons (Fsp3) is 0.524.